The Kier molecular flexibility index (Phi) is 6.28. The maximum Gasteiger partial charge on any atom is 0.231 e. The summed E-state index contributed by atoms with van der Waals surface area (Å²) in [7, 11) is 0. The molecule has 1 aromatic heterocycles. The molecule has 3 aromatic rings. The number of fused-ring (bicyclic) bond motifs is 1. The summed E-state index contributed by atoms with van der Waals surface area (Å²) in [5.41, 5.74) is 1.96. The van der Waals surface area contributed by atoms with Crippen LogP contribution in [0.3, 0.4) is 0 Å². The van der Waals surface area contributed by atoms with Crippen molar-refractivity contribution in [2.45, 2.75) is 19.4 Å². The van der Waals surface area contributed by atoms with Crippen molar-refractivity contribution in [3.8, 4) is 11.5 Å². The number of rotatable bonds is 7. The largest absolute Gasteiger partial charge is 0.454 e. The number of carbonyl (C=O) groups excluding carboxylic acids is 1. The first-order chi connectivity index (χ1) is 14.1. The molecule has 0 N–H and O–H groups in total. The van der Waals surface area contributed by atoms with E-state index in [1.807, 2.05) is 52.7 Å². The number of ether oxygens (including phenoxy) is 2. The number of halogens is 2. The van der Waals surface area contributed by atoms with Gasteiger partial charge in [-0.25, -0.2) is 0 Å². The van der Waals surface area contributed by atoms with Gasteiger partial charge in [0.05, 0.1) is 6.42 Å². The SMILES string of the molecule is O=C(Cc1cccs1)N(CCc1ccc(Cl)cc1Cl)Cc1ccc2c(c1)OCO2. The van der Waals surface area contributed by atoms with E-state index in [2.05, 4.69) is 0 Å². The second-order valence-corrected chi connectivity index (χ2v) is 8.62. The van der Waals surface area contributed by atoms with Crippen LogP contribution < -0.4 is 9.47 Å². The molecule has 2 heterocycles. The van der Waals surface area contributed by atoms with Crippen LogP contribution in [0.5, 0.6) is 11.5 Å². The summed E-state index contributed by atoms with van der Waals surface area (Å²) in [5.74, 6) is 1.53. The van der Waals surface area contributed by atoms with Crippen LogP contribution in [-0.4, -0.2) is 24.1 Å². The van der Waals surface area contributed by atoms with Crippen molar-refractivity contribution in [1.29, 1.82) is 0 Å². The molecule has 4 rings (SSSR count). The number of nitrogens with zero attached hydrogens (tertiary/aromatic N) is 1. The van der Waals surface area contributed by atoms with Crippen LogP contribution in [-0.2, 0) is 24.2 Å². The number of amides is 1. The molecule has 0 spiro atoms. The van der Waals surface area contributed by atoms with Crippen molar-refractivity contribution in [2.24, 2.45) is 0 Å². The Hall–Kier alpha value is -2.21. The Balaban J connectivity index is 1.50. The van der Waals surface area contributed by atoms with Gasteiger partial charge in [0.25, 0.3) is 0 Å². The summed E-state index contributed by atoms with van der Waals surface area (Å²) in [4.78, 5) is 15.9. The van der Waals surface area contributed by atoms with Crippen molar-refractivity contribution >= 4 is 40.4 Å². The molecule has 7 heteroatoms. The Morgan fingerprint density at radius 2 is 1.93 bits per heavy atom. The molecule has 29 heavy (non-hydrogen) atoms. The van der Waals surface area contributed by atoms with Gasteiger partial charge < -0.3 is 14.4 Å². The fourth-order valence-electron chi connectivity index (χ4n) is 3.21. The first-order valence-electron chi connectivity index (χ1n) is 9.21. The van der Waals surface area contributed by atoms with Crippen molar-refractivity contribution in [2.75, 3.05) is 13.3 Å². The second-order valence-electron chi connectivity index (χ2n) is 6.74. The number of thiophene rings is 1. The molecular weight excluding hydrogens is 429 g/mol. The minimum atomic E-state index is 0.0789. The van der Waals surface area contributed by atoms with Gasteiger partial charge in [-0.05, 0) is 53.3 Å². The normalized spacial score (nSPS) is 12.2. The molecule has 1 amide bonds. The predicted octanol–water partition coefficient (Wildman–Crippen LogP) is 5.60. The molecule has 1 aliphatic heterocycles. The third kappa shape index (κ3) is 5.04. The van der Waals surface area contributed by atoms with Gasteiger partial charge in [0.15, 0.2) is 11.5 Å². The first kappa shape index (κ1) is 20.1. The number of hydrogen-bond acceptors (Lipinski definition) is 4. The first-order valence-corrected chi connectivity index (χ1v) is 10.8. The van der Waals surface area contributed by atoms with Crippen LogP contribution >= 0.6 is 34.5 Å². The molecule has 0 aliphatic carbocycles. The van der Waals surface area contributed by atoms with Gasteiger partial charge in [-0.15, -0.1) is 11.3 Å². The van der Waals surface area contributed by atoms with E-state index in [1.165, 1.54) is 0 Å². The summed E-state index contributed by atoms with van der Waals surface area (Å²) in [5, 5.41) is 3.20. The molecular formula is C22H19Cl2NO3S. The van der Waals surface area contributed by atoms with Crippen LogP contribution in [0.1, 0.15) is 16.0 Å². The molecule has 0 saturated carbocycles. The topological polar surface area (TPSA) is 38.8 Å². The lowest BCUT2D eigenvalue weighted by Crippen LogP contribution is -2.33. The van der Waals surface area contributed by atoms with Gasteiger partial charge in [-0.2, -0.15) is 0 Å². The quantitative estimate of drug-likeness (QED) is 0.473. The number of hydrogen-bond donors (Lipinski definition) is 0. The van der Waals surface area contributed by atoms with E-state index < -0.39 is 0 Å². The highest BCUT2D eigenvalue weighted by Crippen LogP contribution is 2.33. The van der Waals surface area contributed by atoms with Gasteiger partial charge >= 0.3 is 0 Å². The highest BCUT2D eigenvalue weighted by atomic mass is 35.5. The van der Waals surface area contributed by atoms with E-state index in [0.29, 0.717) is 41.7 Å². The Morgan fingerprint density at radius 3 is 2.72 bits per heavy atom. The highest BCUT2D eigenvalue weighted by Gasteiger charge is 2.19. The summed E-state index contributed by atoms with van der Waals surface area (Å²) in [6.45, 7) is 1.28. The van der Waals surface area contributed by atoms with Crippen molar-refractivity contribution in [1.82, 2.24) is 4.90 Å². The van der Waals surface area contributed by atoms with E-state index in [9.17, 15) is 4.79 Å². The molecule has 0 fully saturated rings. The van der Waals surface area contributed by atoms with Gasteiger partial charge in [0.2, 0.25) is 12.7 Å². The summed E-state index contributed by atoms with van der Waals surface area (Å²) in [6.07, 6.45) is 1.04. The molecule has 150 valence electrons. The molecule has 0 bridgehead atoms. The van der Waals surface area contributed by atoms with Crippen LogP contribution in [0.2, 0.25) is 10.0 Å². The summed E-state index contributed by atoms with van der Waals surface area (Å²) >= 11 is 13.9. The molecule has 0 unspecified atom stereocenters. The van der Waals surface area contributed by atoms with E-state index >= 15 is 0 Å². The van der Waals surface area contributed by atoms with E-state index in [1.54, 1.807) is 17.4 Å². The molecule has 4 nitrogen and oxygen atoms in total. The molecule has 0 radical (unpaired) electrons. The second kappa shape index (κ2) is 9.08. The van der Waals surface area contributed by atoms with Crippen molar-refractivity contribution in [3.63, 3.8) is 0 Å². The van der Waals surface area contributed by atoms with E-state index in [-0.39, 0.29) is 12.7 Å². The molecule has 1 aliphatic rings. The van der Waals surface area contributed by atoms with Gasteiger partial charge in [-0.1, -0.05) is 41.4 Å². The van der Waals surface area contributed by atoms with Gasteiger partial charge in [-0.3, -0.25) is 4.79 Å². The monoisotopic (exact) mass is 447 g/mol. The van der Waals surface area contributed by atoms with Crippen LogP contribution in [0.4, 0.5) is 0 Å². The minimum Gasteiger partial charge on any atom is -0.454 e. The summed E-state index contributed by atoms with van der Waals surface area (Å²) in [6, 6.07) is 15.2. The average Bonchev–Trinajstić information content (AvgIpc) is 3.37. The zero-order valence-corrected chi connectivity index (χ0v) is 17.9. The van der Waals surface area contributed by atoms with Gasteiger partial charge in [0, 0.05) is 28.0 Å². The van der Waals surface area contributed by atoms with Crippen LogP contribution in [0.15, 0.2) is 53.9 Å². The summed E-state index contributed by atoms with van der Waals surface area (Å²) < 4.78 is 10.8. The Labute approximate surface area is 183 Å². The Bertz CT molecular complexity index is 1010. The third-order valence-corrected chi connectivity index (χ3v) is 6.20. The maximum atomic E-state index is 13.0. The average molecular weight is 448 g/mol. The van der Waals surface area contributed by atoms with Crippen molar-refractivity contribution in [3.05, 3.63) is 80.0 Å². The number of benzene rings is 2. The standard InChI is InChI=1S/C22H19Cl2NO3S/c23-17-5-4-16(19(24)11-17)7-8-25(22(26)12-18-2-1-9-29-18)13-15-3-6-20-21(10-15)28-14-27-20/h1-6,9-11H,7-8,12-14H2. The smallest absolute Gasteiger partial charge is 0.231 e. The van der Waals surface area contributed by atoms with Crippen LogP contribution in [0.25, 0.3) is 0 Å². The van der Waals surface area contributed by atoms with Crippen LogP contribution in [0, 0.1) is 0 Å². The number of carbonyl (C=O) groups is 1. The lowest BCUT2D eigenvalue weighted by molar-refractivity contribution is -0.131. The predicted molar refractivity (Wildman–Crippen MR) is 116 cm³/mol. The third-order valence-electron chi connectivity index (χ3n) is 4.73. The molecule has 2 aromatic carbocycles. The highest BCUT2D eigenvalue weighted by molar-refractivity contribution is 7.10. The lowest BCUT2D eigenvalue weighted by atomic mass is 10.1. The Morgan fingerprint density at radius 1 is 1.07 bits per heavy atom. The molecule has 0 saturated heterocycles. The maximum absolute atomic E-state index is 13.0. The van der Waals surface area contributed by atoms with Crippen molar-refractivity contribution < 1.29 is 14.3 Å². The zero-order valence-electron chi connectivity index (χ0n) is 15.6. The fourth-order valence-corrected chi connectivity index (χ4v) is 4.40. The van der Waals surface area contributed by atoms with Gasteiger partial charge in [0.1, 0.15) is 0 Å². The fraction of sp³-hybridized carbons (Fsp3) is 0.227. The molecule has 0 atom stereocenters. The zero-order chi connectivity index (χ0) is 20.2. The van der Waals surface area contributed by atoms with E-state index in [0.717, 1.165) is 21.8 Å². The van der Waals surface area contributed by atoms with E-state index in [4.69, 9.17) is 32.7 Å². The minimum absolute atomic E-state index is 0.0789. The lowest BCUT2D eigenvalue weighted by Gasteiger charge is -2.23.